The lowest BCUT2D eigenvalue weighted by Crippen LogP contribution is -3.00. The highest BCUT2D eigenvalue weighted by Gasteiger charge is 2.33. The van der Waals surface area contributed by atoms with Gasteiger partial charge in [-0.3, -0.25) is 4.48 Å². The lowest BCUT2D eigenvalue weighted by Gasteiger charge is -2.42. The molecule has 2 aliphatic rings. The number of halogens is 1. The first kappa shape index (κ1) is 27.2. The van der Waals surface area contributed by atoms with Crippen molar-refractivity contribution in [1.82, 2.24) is 10.2 Å². The van der Waals surface area contributed by atoms with E-state index in [1.807, 2.05) is 18.2 Å². The highest BCUT2D eigenvalue weighted by atomic mass is 127. The zero-order valence-corrected chi connectivity index (χ0v) is 23.4. The SMILES string of the molecule is CCOC(=O)[C@H](C)NC(=O)OC[N+]1(C)CCN(C2=Nc3ccccc3Nc3sc(C)cc32)CC1.[I-]. The van der Waals surface area contributed by atoms with Crippen LogP contribution >= 0.6 is 11.3 Å². The van der Waals surface area contributed by atoms with E-state index < -0.39 is 18.1 Å². The molecule has 1 saturated heterocycles. The average molecular weight is 614 g/mol. The van der Waals surface area contributed by atoms with Crippen LogP contribution in [0.4, 0.5) is 21.2 Å². The molecule has 0 bridgehead atoms. The Hall–Kier alpha value is -2.38. The number of piperazine rings is 1. The van der Waals surface area contributed by atoms with Gasteiger partial charge in [-0.1, -0.05) is 12.1 Å². The molecule has 4 rings (SSSR count). The van der Waals surface area contributed by atoms with E-state index in [0.29, 0.717) is 4.48 Å². The predicted molar refractivity (Wildman–Crippen MR) is 133 cm³/mol. The van der Waals surface area contributed by atoms with E-state index in [9.17, 15) is 9.59 Å². The first-order chi connectivity index (χ1) is 16.3. The number of anilines is 2. The fraction of sp³-hybridized carbons (Fsp3) is 0.458. The number of amides is 1. The van der Waals surface area contributed by atoms with Crippen LogP contribution in [0, 0.1) is 6.92 Å². The number of nitrogens with one attached hydrogen (secondary N) is 2. The van der Waals surface area contributed by atoms with Crippen LogP contribution in [0.15, 0.2) is 35.3 Å². The van der Waals surface area contributed by atoms with Crippen LogP contribution < -0.4 is 34.6 Å². The van der Waals surface area contributed by atoms with Crippen molar-refractivity contribution in [2.75, 3.05) is 51.9 Å². The number of rotatable bonds is 5. The van der Waals surface area contributed by atoms with E-state index in [1.54, 1.807) is 25.2 Å². The van der Waals surface area contributed by atoms with Gasteiger partial charge in [0.25, 0.3) is 0 Å². The van der Waals surface area contributed by atoms with Crippen LogP contribution in [0.2, 0.25) is 0 Å². The average Bonchev–Trinajstić information content (AvgIpc) is 3.10. The third kappa shape index (κ3) is 6.44. The Morgan fingerprint density at radius 3 is 2.69 bits per heavy atom. The van der Waals surface area contributed by atoms with Gasteiger partial charge in [0.2, 0.25) is 6.73 Å². The number of hydrogen-bond donors (Lipinski definition) is 2. The largest absolute Gasteiger partial charge is 1.00 e. The fourth-order valence-electron chi connectivity index (χ4n) is 4.04. The number of ether oxygens (including phenoxy) is 2. The van der Waals surface area contributed by atoms with E-state index in [-0.39, 0.29) is 37.3 Å². The Bertz CT molecular complexity index is 1100. The van der Waals surface area contributed by atoms with Crippen LogP contribution in [0.1, 0.15) is 24.3 Å². The number of carbonyl (C=O) groups is 2. The molecule has 1 atom stereocenters. The molecular weight excluding hydrogens is 581 g/mol. The molecule has 3 heterocycles. The number of quaternary nitrogens is 1. The summed E-state index contributed by atoms with van der Waals surface area (Å²) < 4.78 is 11.0. The van der Waals surface area contributed by atoms with E-state index in [0.717, 1.165) is 54.0 Å². The molecule has 35 heavy (non-hydrogen) atoms. The van der Waals surface area contributed by atoms with E-state index in [2.05, 4.69) is 41.6 Å². The van der Waals surface area contributed by atoms with E-state index in [4.69, 9.17) is 14.5 Å². The second kappa shape index (κ2) is 11.6. The maximum Gasteiger partial charge on any atom is 0.412 e. The number of benzene rings is 1. The van der Waals surface area contributed by atoms with Gasteiger partial charge in [-0.15, -0.1) is 11.3 Å². The summed E-state index contributed by atoms with van der Waals surface area (Å²) in [5.74, 6) is 0.502. The molecular formula is C24H32IN5O4S. The number of carbonyl (C=O) groups excluding carboxylic acids is 2. The van der Waals surface area contributed by atoms with Crippen LogP contribution in [0.3, 0.4) is 0 Å². The highest BCUT2D eigenvalue weighted by Crippen LogP contribution is 2.39. The van der Waals surface area contributed by atoms with Gasteiger partial charge in [0, 0.05) is 4.88 Å². The number of esters is 1. The molecule has 0 aliphatic carbocycles. The first-order valence-corrected chi connectivity index (χ1v) is 12.3. The van der Waals surface area contributed by atoms with Crippen LogP contribution in [-0.4, -0.2) is 79.9 Å². The number of hydrogen-bond acceptors (Lipinski definition) is 8. The molecule has 0 spiro atoms. The number of likely N-dealkylation sites (N-methyl/N-ethyl adjacent to an activating group) is 1. The Morgan fingerprint density at radius 2 is 1.97 bits per heavy atom. The standard InChI is InChI=1S/C24H31N5O4S.HI/c1-5-32-23(30)17(3)25-24(31)33-15-29(4)12-10-28(11-13-29)21-18-14-16(2)34-22(18)27-20-9-7-6-8-19(20)26-21;/h6-9,14,17H,5,10-13,15H2,1-4H3,(H-,25,26,27,31);1H/t17-;/m0./s1. The van der Waals surface area contributed by atoms with Gasteiger partial charge in [-0.25, -0.2) is 14.6 Å². The van der Waals surface area contributed by atoms with Crippen molar-refractivity contribution in [1.29, 1.82) is 0 Å². The topological polar surface area (TPSA) is 92.3 Å². The van der Waals surface area contributed by atoms with Gasteiger partial charge >= 0.3 is 12.1 Å². The smallest absolute Gasteiger partial charge is 0.412 e. The minimum absolute atomic E-state index is 0. The summed E-state index contributed by atoms with van der Waals surface area (Å²) in [6.07, 6.45) is -0.614. The van der Waals surface area contributed by atoms with Crippen LogP contribution in [-0.2, 0) is 14.3 Å². The zero-order valence-electron chi connectivity index (χ0n) is 20.5. The molecule has 9 nitrogen and oxygen atoms in total. The molecule has 0 saturated carbocycles. The van der Waals surface area contributed by atoms with Crippen molar-refractivity contribution >= 4 is 45.6 Å². The summed E-state index contributed by atoms with van der Waals surface area (Å²) in [5, 5.41) is 7.19. The summed E-state index contributed by atoms with van der Waals surface area (Å²) in [5.41, 5.74) is 3.06. The molecule has 1 aromatic heterocycles. The van der Waals surface area contributed by atoms with Crippen molar-refractivity contribution < 1.29 is 47.5 Å². The van der Waals surface area contributed by atoms with E-state index in [1.165, 1.54) is 4.88 Å². The second-order valence-electron chi connectivity index (χ2n) is 8.91. The summed E-state index contributed by atoms with van der Waals surface area (Å²) >= 11 is 1.74. The fourth-order valence-corrected chi connectivity index (χ4v) is 4.96. The Balaban J connectivity index is 0.00000342. The second-order valence-corrected chi connectivity index (χ2v) is 10.2. The van der Waals surface area contributed by atoms with E-state index >= 15 is 0 Å². The normalized spacial score (nSPS) is 16.8. The van der Waals surface area contributed by atoms with Crippen molar-refractivity contribution in [2.24, 2.45) is 4.99 Å². The molecule has 0 radical (unpaired) electrons. The van der Waals surface area contributed by atoms with Crippen molar-refractivity contribution in [3.05, 3.63) is 40.8 Å². The number of alkyl carbamates (subject to hydrolysis) is 1. The molecule has 2 N–H and O–H groups in total. The summed E-state index contributed by atoms with van der Waals surface area (Å²) in [7, 11) is 2.07. The van der Waals surface area contributed by atoms with Gasteiger partial charge in [-0.05, 0) is 39.0 Å². The maximum atomic E-state index is 12.2. The molecule has 2 aliphatic heterocycles. The number of aliphatic imine (C=N–C) groups is 1. The Kier molecular flexibility index (Phi) is 9.00. The lowest BCUT2D eigenvalue weighted by molar-refractivity contribution is -0.928. The number of amidine groups is 1. The third-order valence-electron chi connectivity index (χ3n) is 6.08. The Morgan fingerprint density at radius 1 is 1.26 bits per heavy atom. The highest BCUT2D eigenvalue weighted by molar-refractivity contribution is 7.16. The lowest BCUT2D eigenvalue weighted by atomic mass is 10.2. The summed E-state index contributed by atoms with van der Waals surface area (Å²) in [4.78, 5) is 32.5. The van der Waals surface area contributed by atoms with Crippen LogP contribution in [0.25, 0.3) is 0 Å². The molecule has 11 heteroatoms. The van der Waals surface area contributed by atoms with Gasteiger partial charge < -0.3 is 49.0 Å². The minimum atomic E-state index is -0.748. The van der Waals surface area contributed by atoms with Gasteiger partial charge in [0.1, 0.15) is 16.9 Å². The number of aryl methyl sites for hydroxylation is 1. The molecule has 0 unspecified atom stereocenters. The monoisotopic (exact) mass is 613 g/mol. The number of nitrogens with zero attached hydrogens (tertiary/aromatic N) is 3. The Labute approximate surface area is 227 Å². The van der Waals surface area contributed by atoms with Gasteiger partial charge in [-0.2, -0.15) is 0 Å². The molecule has 1 fully saturated rings. The molecule has 2 aromatic rings. The molecule has 1 amide bonds. The van der Waals surface area contributed by atoms with Crippen LogP contribution in [0.5, 0.6) is 0 Å². The minimum Gasteiger partial charge on any atom is -1.00 e. The molecule has 190 valence electrons. The zero-order chi connectivity index (χ0) is 24.3. The maximum absolute atomic E-state index is 12.2. The van der Waals surface area contributed by atoms with Crippen molar-refractivity contribution in [2.45, 2.75) is 26.8 Å². The van der Waals surface area contributed by atoms with Gasteiger partial charge in [0.15, 0.2) is 0 Å². The number of fused-ring (bicyclic) bond motifs is 2. The molecule has 1 aromatic carbocycles. The summed E-state index contributed by atoms with van der Waals surface area (Å²) in [6.45, 7) is 9.09. The third-order valence-corrected chi connectivity index (χ3v) is 7.04. The predicted octanol–water partition coefficient (Wildman–Crippen LogP) is 0.593. The van der Waals surface area contributed by atoms with Crippen molar-refractivity contribution in [3.63, 3.8) is 0 Å². The number of para-hydroxylation sites is 2. The van der Waals surface area contributed by atoms with Crippen molar-refractivity contribution in [3.8, 4) is 0 Å². The first-order valence-electron chi connectivity index (χ1n) is 11.5. The quantitative estimate of drug-likeness (QED) is 0.292. The van der Waals surface area contributed by atoms with Gasteiger partial charge in [0.05, 0.1) is 56.8 Å². The summed E-state index contributed by atoms with van der Waals surface area (Å²) in [6, 6.07) is 9.54. The number of thiophene rings is 1.